The standard InChI is InChI=1S/C13H16N4/c1-7-5-8(2)10(4)11(9(7)3)12-13(14)15-6-16-17-12/h5-6H,1-4H3,(H2,14,15,16). The minimum Gasteiger partial charge on any atom is -0.382 e. The highest BCUT2D eigenvalue weighted by atomic mass is 15.2. The van der Waals surface area contributed by atoms with Gasteiger partial charge in [-0.1, -0.05) is 6.07 Å². The summed E-state index contributed by atoms with van der Waals surface area (Å²) in [6.07, 6.45) is 1.37. The van der Waals surface area contributed by atoms with E-state index in [0.29, 0.717) is 11.5 Å². The maximum Gasteiger partial charge on any atom is 0.153 e. The summed E-state index contributed by atoms with van der Waals surface area (Å²) in [5.41, 5.74) is 12.4. The number of nitrogen functional groups attached to an aromatic ring is 1. The first-order chi connectivity index (χ1) is 8.02. The predicted octanol–water partition coefficient (Wildman–Crippen LogP) is 2.35. The summed E-state index contributed by atoms with van der Waals surface area (Å²) in [5.74, 6) is 0.427. The summed E-state index contributed by atoms with van der Waals surface area (Å²) < 4.78 is 0. The molecular formula is C13H16N4. The van der Waals surface area contributed by atoms with Crippen molar-refractivity contribution in [1.82, 2.24) is 15.2 Å². The van der Waals surface area contributed by atoms with E-state index >= 15 is 0 Å². The molecule has 0 unspecified atom stereocenters. The zero-order valence-electron chi connectivity index (χ0n) is 10.6. The van der Waals surface area contributed by atoms with Gasteiger partial charge in [-0.15, -0.1) is 10.2 Å². The Balaban J connectivity index is 2.80. The molecule has 2 N–H and O–H groups in total. The van der Waals surface area contributed by atoms with Gasteiger partial charge in [-0.2, -0.15) is 0 Å². The van der Waals surface area contributed by atoms with Crippen LogP contribution in [-0.2, 0) is 0 Å². The molecule has 0 amide bonds. The number of nitrogens with zero attached hydrogens (tertiary/aromatic N) is 3. The minimum atomic E-state index is 0.427. The van der Waals surface area contributed by atoms with E-state index in [1.165, 1.54) is 28.6 Å². The first-order valence-electron chi connectivity index (χ1n) is 5.53. The van der Waals surface area contributed by atoms with Crippen LogP contribution in [0.15, 0.2) is 12.4 Å². The number of benzene rings is 1. The molecule has 1 aromatic carbocycles. The zero-order chi connectivity index (χ0) is 12.6. The van der Waals surface area contributed by atoms with Gasteiger partial charge in [0.1, 0.15) is 12.0 Å². The molecule has 0 aliphatic carbocycles. The van der Waals surface area contributed by atoms with Gasteiger partial charge in [0.15, 0.2) is 5.82 Å². The van der Waals surface area contributed by atoms with Gasteiger partial charge in [0, 0.05) is 5.56 Å². The molecule has 0 radical (unpaired) electrons. The van der Waals surface area contributed by atoms with E-state index < -0.39 is 0 Å². The van der Waals surface area contributed by atoms with Crippen molar-refractivity contribution >= 4 is 5.82 Å². The number of rotatable bonds is 1. The van der Waals surface area contributed by atoms with Crippen LogP contribution in [0.25, 0.3) is 11.3 Å². The molecule has 17 heavy (non-hydrogen) atoms. The Morgan fingerprint density at radius 1 is 1.00 bits per heavy atom. The third-order valence-electron chi connectivity index (χ3n) is 3.25. The van der Waals surface area contributed by atoms with E-state index in [9.17, 15) is 0 Å². The van der Waals surface area contributed by atoms with E-state index in [0.717, 1.165) is 5.56 Å². The average Bonchev–Trinajstić information content (AvgIpc) is 2.29. The molecule has 4 heteroatoms. The topological polar surface area (TPSA) is 64.7 Å². The van der Waals surface area contributed by atoms with Crippen molar-refractivity contribution in [3.63, 3.8) is 0 Å². The fraction of sp³-hybridized carbons (Fsp3) is 0.308. The molecule has 2 aromatic rings. The highest BCUT2D eigenvalue weighted by Crippen LogP contribution is 2.31. The fourth-order valence-corrected chi connectivity index (χ4v) is 2.03. The molecule has 0 saturated carbocycles. The molecule has 0 fully saturated rings. The predicted molar refractivity (Wildman–Crippen MR) is 68.6 cm³/mol. The number of hydrogen-bond donors (Lipinski definition) is 1. The first kappa shape index (κ1) is 11.5. The van der Waals surface area contributed by atoms with Gasteiger partial charge in [0.25, 0.3) is 0 Å². The van der Waals surface area contributed by atoms with Crippen LogP contribution in [0, 0.1) is 27.7 Å². The van der Waals surface area contributed by atoms with Gasteiger partial charge in [-0.05, 0) is 49.9 Å². The Kier molecular flexibility index (Phi) is 2.79. The van der Waals surface area contributed by atoms with Crippen molar-refractivity contribution in [1.29, 1.82) is 0 Å². The summed E-state index contributed by atoms with van der Waals surface area (Å²) in [6, 6.07) is 2.17. The highest BCUT2D eigenvalue weighted by molar-refractivity contribution is 5.76. The quantitative estimate of drug-likeness (QED) is 0.813. The van der Waals surface area contributed by atoms with Gasteiger partial charge in [0.05, 0.1) is 0 Å². The van der Waals surface area contributed by atoms with Crippen LogP contribution < -0.4 is 5.73 Å². The molecule has 0 aliphatic heterocycles. The summed E-state index contributed by atoms with van der Waals surface area (Å²) in [5, 5.41) is 7.94. The number of anilines is 1. The molecule has 1 heterocycles. The Hall–Kier alpha value is -1.97. The molecule has 0 aliphatic rings. The molecule has 2 rings (SSSR count). The molecule has 0 atom stereocenters. The maximum atomic E-state index is 5.88. The lowest BCUT2D eigenvalue weighted by atomic mass is 9.92. The van der Waals surface area contributed by atoms with E-state index in [4.69, 9.17) is 5.73 Å². The SMILES string of the molecule is Cc1cc(C)c(C)c(-c2nncnc2N)c1C. The van der Waals surface area contributed by atoms with Crippen LogP contribution in [0.1, 0.15) is 22.3 Å². The van der Waals surface area contributed by atoms with Gasteiger partial charge in [0.2, 0.25) is 0 Å². The molecule has 4 nitrogen and oxygen atoms in total. The van der Waals surface area contributed by atoms with Gasteiger partial charge in [-0.3, -0.25) is 0 Å². The third kappa shape index (κ3) is 1.86. The van der Waals surface area contributed by atoms with Crippen LogP contribution in [0.3, 0.4) is 0 Å². The third-order valence-corrected chi connectivity index (χ3v) is 3.25. The van der Waals surface area contributed by atoms with Crippen molar-refractivity contribution < 1.29 is 0 Å². The second-order valence-electron chi connectivity index (χ2n) is 4.33. The zero-order valence-corrected chi connectivity index (χ0v) is 10.6. The first-order valence-corrected chi connectivity index (χ1v) is 5.53. The molecule has 0 bridgehead atoms. The van der Waals surface area contributed by atoms with Crippen LogP contribution in [0.2, 0.25) is 0 Å². The Bertz CT molecular complexity index is 550. The second kappa shape index (κ2) is 4.13. The van der Waals surface area contributed by atoms with E-state index in [2.05, 4.69) is 48.9 Å². The Morgan fingerprint density at radius 2 is 1.59 bits per heavy atom. The molecule has 1 aromatic heterocycles. The van der Waals surface area contributed by atoms with Crippen LogP contribution >= 0.6 is 0 Å². The second-order valence-corrected chi connectivity index (χ2v) is 4.33. The summed E-state index contributed by atoms with van der Waals surface area (Å²) in [4.78, 5) is 4.00. The largest absolute Gasteiger partial charge is 0.382 e. The van der Waals surface area contributed by atoms with Crippen molar-refractivity contribution in [3.8, 4) is 11.3 Å². The van der Waals surface area contributed by atoms with Gasteiger partial charge < -0.3 is 5.73 Å². The van der Waals surface area contributed by atoms with Crippen LogP contribution in [-0.4, -0.2) is 15.2 Å². The number of aryl methyl sites for hydroxylation is 2. The van der Waals surface area contributed by atoms with E-state index in [-0.39, 0.29) is 0 Å². The van der Waals surface area contributed by atoms with Crippen molar-refractivity contribution in [3.05, 3.63) is 34.6 Å². The van der Waals surface area contributed by atoms with E-state index in [1.807, 2.05) is 0 Å². The van der Waals surface area contributed by atoms with Crippen molar-refractivity contribution in [2.45, 2.75) is 27.7 Å². The van der Waals surface area contributed by atoms with Gasteiger partial charge >= 0.3 is 0 Å². The number of aromatic nitrogens is 3. The Morgan fingerprint density at radius 3 is 2.12 bits per heavy atom. The monoisotopic (exact) mass is 228 g/mol. The smallest absolute Gasteiger partial charge is 0.153 e. The van der Waals surface area contributed by atoms with Crippen LogP contribution in [0.4, 0.5) is 5.82 Å². The lowest BCUT2D eigenvalue weighted by molar-refractivity contribution is 0.979. The summed E-state index contributed by atoms with van der Waals surface area (Å²) in [7, 11) is 0. The normalized spacial score (nSPS) is 10.6. The average molecular weight is 228 g/mol. The number of nitrogens with two attached hydrogens (primary N) is 1. The lowest BCUT2D eigenvalue weighted by Crippen LogP contribution is -2.03. The Labute approximate surface area is 101 Å². The van der Waals surface area contributed by atoms with E-state index in [1.54, 1.807) is 0 Å². The summed E-state index contributed by atoms with van der Waals surface area (Å²) in [6.45, 7) is 8.33. The molecule has 0 spiro atoms. The molecule has 88 valence electrons. The highest BCUT2D eigenvalue weighted by Gasteiger charge is 2.14. The lowest BCUT2D eigenvalue weighted by Gasteiger charge is -2.14. The summed E-state index contributed by atoms with van der Waals surface area (Å²) >= 11 is 0. The molecule has 0 saturated heterocycles. The number of hydrogen-bond acceptors (Lipinski definition) is 4. The van der Waals surface area contributed by atoms with Crippen LogP contribution in [0.5, 0.6) is 0 Å². The van der Waals surface area contributed by atoms with Gasteiger partial charge in [-0.25, -0.2) is 4.98 Å². The maximum absolute atomic E-state index is 5.88. The molecular weight excluding hydrogens is 212 g/mol. The minimum absolute atomic E-state index is 0.427. The van der Waals surface area contributed by atoms with Crippen molar-refractivity contribution in [2.75, 3.05) is 5.73 Å². The fourth-order valence-electron chi connectivity index (χ4n) is 2.03. The van der Waals surface area contributed by atoms with Crippen molar-refractivity contribution in [2.24, 2.45) is 0 Å².